The number of rotatable bonds is 9. The fourth-order valence-electron chi connectivity index (χ4n) is 5.74. The Bertz CT molecular complexity index is 1340. The molecular formula is C31H35NO8. The number of esters is 2. The summed E-state index contributed by atoms with van der Waals surface area (Å²) in [4.78, 5) is 46.0. The maximum Gasteiger partial charge on any atom is 0.336 e. The highest BCUT2D eigenvalue weighted by molar-refractivity contribution is 6.18. The van der Waals surface area contributed by atoms with Crippen molar-refractivity contribution in [2.45, 2.75) is 39.0 Å². The minimum Gasteiger partial charge on any atom is -0.497 e. The van der Waals surface area contributed by atoms with Crippen molar-refractivity contribution in [1.29, 1.82) is 0 Å². The lowest BCUT2D eigenvalue weighted by Crippen LogP contribution is -2.48. The van der Waals surface area contributed by atoms with Gasteiger partial charge in [-0.15, -0.1) is 0 Å². The number of methoxy groups -OCH3 is 3. The first kappa shape index (κ1) is 28.9. The molecule has 1 aliphatic heterocycles. The number of carbonyl (C=O) groups excluding carboxylic acids is 3. The monoisotopic (exact) mass is 549 g/mol. The number of hydrogen-bond donors (Lipinski definition) is 0. The zero-order valence-corrected chi connectivity index (χ0v) is 23.7. The first-order chi connectivity index (χ1) is 19.3. The lowest BCUT2D eigenvalue weighted by Gasteiger charge is -2.41. The molecule has 0 spiro atoms. The molecule has 1 saturated carbocycles. The molecule has 2 aromatic carbocycles. The van der Waals surface area contributed by atoms with Crippen LogP contribution >= 0.6 is 0 Å². The molecule has 1 aliphatic carbocycles. The van der Waals surface area contributed by atoms with E-state index in [1.165, 1.54) is 14.2 Å². The van der Waals surface area contributed by atoms with Gasteiger partial charge in [0, 0.05) is 28.8 Å². The van der Waals surface area contributed by atoms with E-state index in [-0.39, 0.29) is 24.6 Å². The quantitative estimate of drug-likeness (QED) is 0.329. The van der Waals surface area contributed by atoms with Gasteiger partial charge in [-0.05, 0) is 63.1 Å². The van der Waals surface area contributed by atoms with Crippen LogP contribution in [-0.4, -0.2) is 58.0 Å². The van der Waals surface area contributed by atoms with Crippen LogP contribution in [-0.2, 0) is 23.9 Å². The fraction of sp³-hybridized carbons (Fsp3) is 0.419. The van der Waals surface area contributed by atoms with Gasteiger partial charge >= 0.3 is 11.9 Å². The summed E-state index contributed by atoms with van der Waals surface area (Å²) in [6.45, 7) is 5.44. The summed E-state index contributed by atoms with van der Waals surface area (Å²) in [7, 11) is 4.63. The van der Waals surface area contributed by atoms with Gasteiger partial charge in [0.2, 0.25) is 0 Å². The summed E-state index contributed by atoms with van der Waals surface area (Å²) in [5.41, 5.74) is 2.66. The summed E-state index contributed by atoms with van der Waals surface area (Å²) in [5, 5.41) is 0. The van der Waals surface area contributed by atoms with E-state index in [0.717, 1.165) is 5.56 Å². The van der Waals surface area contributed by atoms with Crippen LogP contribution in [0.2, 0.25) is 0 Å². The summed E-state index contributed by atoms with van der Waals surface area (Å²) in [6.07, 6.45) is 0.322. The standard InChI is InChI=1S/C31H35NO8/c1-7-39-30(34)25-17(3)32-23-16-21(18-9-11-19(36-4)12-10-18)27(31(35)40-8-2)29(33)28(23)26(25)22-15-20(37-5)13-14-24(22)38-6/h9-15,21,26-28H,7-8,16H2,1-6H3/t21-,26+,27-,28?/m0/s1. The number of aliphatic imine (C=N–C) groups is 1. The Labute approximate surface area is 234 Å². The maximum atomic E-state index is 14.5. The normalized spacial score (nSPS) is 22.1. The average Bonchev–Trinajstić information content (AvgIpc) is 2.96. The van der Waals surface area contributed by atoms with Crippen LogP contribution in [0.3, 0.4) is 0 Å². The molecule has 4 rings (SSSR count). The number of fused-ring (bicyclic) bond motifs is 1. The Morgan fingerprint density at radius 2 is 1.52 bits per heavy atom. The second-order valence-electron chi connectivity index (χ2n) is 9.60. The number of ether oxygens (including phenoxy) is 5. The van der Waals surface area contributed by atoms with Gasteiger partial charge in [-0.3, -0.25) is 14.6 Å². The minimum atomic E-state index is -1.10. The molecule has 9 heteroatoms. The molecule has 2 aliphatic rings. The van der Waals surface area contributed by atoms with E-state index in [0.29, 0.717) is 40.6 Å². The lowest BCUT2D eigenvalue weighted by atomic mass is 9.62. The number of benzene rings is 2. The van der Waals surface area contributed by atoms with Crippen LogP contribution in [0.25, 0.3) is 0 Å². The predicted molar refractivity (Wildman–Crippen MR) is 148 cm³/mol. The number of hydrogen-bond acceptors (Lipinski definition) is 9. The molecule has 0 saturated heterocycles. The minimum absolute atomic E-state index is 0.129. The van der Waals surface area contributed by atoms with Gasteiger partial charge in [-0.25, -0.2) is 4.79 Å². The first-order valence-corrected chi connectivity index (χ1v) is 13.3. The highest BCUT2D eigenvalue weighted by Gasteiger charge is 2.53. The molecule has 0 amide bonds. The van der Waals surface area contributed by atoms with E-state index in [1.807, 2.05) is 12.1 Å². The highest BCUT2D eigenvalue weighted by Crippen LogP contribution is 2.50. The molecule has 40 heavy (non-hydrogen) atoms. The van der Waals surface area contributed by atoms with E-state index in [1.54, 1.807) is 58.2 Å². The second kappa shape index (κ2) is 12.4. The van der Waals surface area contributed by atoms with Gasteiger partial charge in [-0.1, -0.05) is 12.1 Å². The molecule has 2 aromatic rings. The topological polar surface area (TPSA) is 110 Å². The Hall–Kier alpha value is -4.14. The van der Waals surface area contributed by atoms with Gasteiger partial charge < -0.3 is 23.7 Å². The molecule has 0 bridgehead atoms. The zero-order chi connectivity index (χ0) is 29.0. The van der Waals surface area contributed by atoms with Crippen LogP contribution in [0.1, 0.15) is 50.2 Å². The van der Waals surface area contributed by atoms with Gasteiger partial charge in [0.05, 0.1) is 46.0 Å². The summed E-state index contributed by atoms with van der Waals surface area (Å²) in [5.74, 6) is -3.20. The lowest BCUT2D eigenvalue weighted by molar-refractivity contribution is -0.153. The molecule has 212 valence electrons. The third kappa shape index (κ3) is 5.33. The third-order valence-electron chi connectivity index (χ3n) is 7.50. The van der Waals surface area contributed by atoms with Gasteiger partial charge in [0.15, 0.2) is 5.78 Å². The molecule has 1 fully saturated rings. The van der Waals surface area contributed by atoms with E-state index < -0.39 is 35.6 Å². The van der Waals surface area contributed by atoms with Crippen LogP contribution in [0.5, 0.6) is 17.2 Å². The van der Waals surface area contributed by atoms with Gasteiger partial charge in [-0.2, -0.15) is 0 Å². The number of Topliss-reactive ketones (excluding diaryl/α,β-unsaturated/α-hetero) is 1. The maximum absolute atomic E-state index is 14.5. The Kier molecular flexibility index (Phi) is 8.92. The molecule has 0 aromatic heterocycles. The Morgan fingerprint density at radius 1 is 0.875 bits per heavy atom. The zero-order valence-electron chi connectivity index (χ0n) is 23.7. The van der Waals surface area contributed by atoms with Gasteiger partial charge in [0.1, 0.15) is 23.2 Å². The Morgan fingerprint density at radius 3 is 2.12 bits per heavy atom. The van der Waals surface area contributed by atoms with Crippen molar-refractivity contribution < 1.29 is 38.1 Å². The number of nitrogens with zero attached hydrogens (tertiary/aromatic N) is 1. The van der Waals surface area contributed by atoms with E-state index in [4.69, 9.17) is 28.7 Å². The third-order valence-corrected chi connectivity index (χ3v) is 7.50. The summed E-state index contributed by atoms with van der Waals surface area (Å²) in [6, 6.07) is 12.5. The fourth-order valence-corrected chi connectivity index (χ4v) is 5.74. The summed E-state index contributed by atoms with van der Waals surface area (Å²) < 4.78 is 27.3. The SMILES string of the molecule is CCOC(=O)C1=C(C)N=C2C[C@@H](c3ccc(OC)cc3)[C@H](C(=O)OCC)C(=O)C2[C@@H]1c1cc(OC)ccc1OC. The van der Waals surface area contributed by atoms with Crippen molar-refractivity contribution in [3.8, 4) is 17.2 Å². The second-order valence-corrected chi connectivity index (χ2v) is 9.60. The van der Waals surface area contributed by atoms with Crippen molar-refractivity contribution >= 4 is 23.4 Å². The predicted octanol–water partition coefficient (Wildman–Crippen LogP) is 4.64. The molecule has 9 nitrogen and oxygen atoms in total. The van der Waals surface area contributed by atoms with Crippen LogP contribution in [0.4, 0.5) is 0 Å². The van der Waals surface area contributed by atoms with Gasteiger partial charge in [0.25, 0.3) is 0 Å². The van der Waals surface area contributed by atoms with E-state index >= 15 is 0 Å². The number of allylic oxidation sites excluding steroid dienone is 1. The summed E-state index contributed by atoms with van der Waals surface area (Å²) >= 11 is 0. The van der Waals surface area contributed by atoms with Crippen molar-refractivity contribution in [3.05, 3.63) is 64.9 Å². The van der Waals surface area contributed by atoms with Crippen LogP contribution in [0, 0.1) is 11.8 Å². The van der Waals surface area contributed by atoms with Crippen LogP contribution in [0.15, 0.2) is 58.7 Å². The van der Waals surface area contributed by atoms with Crippen molar-refractivity contribution in [3.63, 3.8) is 0 Å². The molecule has 0 N–H and O–H groups in total. The van der Waals surface area contributed by atoms with E-state index in [9.17, 15) is 14.4 Å². The van der Waals surface area contributed by atoms with Crippen molar-refractivity contribution in [2.24, 2.45) is 16.8 Å². The largest absolute Gasteiger partial charge is 0.497 e. The molecule has 0 radical (unpaired) electrons. The first-order valence-electron chi connectivity index (χ1n) is 13.3. The highest BCUT2D eigenvalue weighted by atomic mass is 16.5. The van der Waals surface area contributed by atoms with Crippen molar-refractivity contribution in [1.82, 2.24) is 0 Å². The molecular weight excluding hydrogens is 514 g/mol. The van der Waals surface area contributed by atoms with E-state index in [2.05, 4.69) is 0 Å². The molecule has 1 heterocycles. The van der Waals surface area contributed by atoms with Crippen LogP contribution < -0.4 is 14.2 Å². The number of ketones is 1. The smallest absolute Gasteiger partial charge is 0.336 e. The average molecular weight is 550 g/mol. The van der Waals surface area contributed by atoms with Crippen molar-refractivity contribution in [2.75, 3.05) is 34.5 Å². The molecule has 4 atom stereocenters. The Balaban J connectivity index is 1.93. The number of carbonyl (C=O) groups is 3. The molecule has 1 unspecified atom stereocenters.